The number of aryl methyl sites for hydroxylation is 1. The molecule has 27 heavy (non-hydrogen) atoms. The molecule has 8 heteroatoms. The van der Waals surface area contributed by atoms with Crippen molar-refractivity contribution in [1.29, 1.82) is 0 Å². The summed E-state index contributed by atoms with van der Waals surface area (Å²) in [6, 6.07) is 9.06. The van der Waals surface area contributed by atoms with Gasteiger partial charge < -0.3 is 14.2 Å². The zero-order valence-electron chi connectivity index (χ0n) is 14.5. The average molecular weight is 378 g/mol. The van der Waals surface area contributed by atoms with Gasteiger partial charge in [-0.25, -0.2) is 0 Å². The Balaban J connectivity index is 1.73. The van der Waals surface area contributed by atoms with Crippen molar-refractivity contribution in [3.63, 3.8) is 0 Å². The average Bonchev–Trinajstić information content (AvgIpc) is 3.06. The van der Waals surface area contributed by atoms with Crippen molar-refractivity contribution < 1.29 is 27.5 Å². The third-order valence-electron chi connectivity index (χ3n) is 5.26. The lowest BCUT2D eigenvalue weighted by Gasteiger charge is -2.45. The van der Waals surface area contributed by atoms with E-state index in [0.29, 0.717) is 11.4 Å². The molecule has 0 aliphatic carbocycles. The second kappa shape index (κ2) is 5.87. The van der Waals surface area contributed by atoms with Crippen molar-refractivity contribution in [2.45, 2.75) is 31.5 Å². The van der Waals surface area contributed by atoms with E-state index in [9.17, 15) is 22.8 Å². The van der Waals surface area contributed by atoms with Gasteiger partial charge in [0.2, 0.25) is 0 Å². The summed E-state index contributed by atoms with van der Waals surface area (Å²) in [6.45, 7) is 1.77. The van der Waals surface area contributed by atoms with Crippen LogP contribution in [0.1, 0.15) is 34.6 Å². The number of carbonyl (C=O) groups excluding carboxylic acids is 2. The standard InChI is InChI=1S/C19H17F3N2O3/c1-12-2-4-14-15(10-12)27-18(16-5-3-13(11-25)24(14)16)6-8-23(9-7-18)17(26)19(20,21)22/h2-5,10-11H,6-9H2,1H3. The Bertz CT molecular complexity index is 925. The lowest BCUT2D eigenvalue weighted by Crippen LogP contribution is -2.52. The van der Waals surface area contributed by atoms with Crippen LogP contribution in [0.3, 0.4) is 0 Å². The van der Waals surface area contributed by atoms with Crippen molar-refractivity contribution in [2.75, 3.05) is 13.1 Å². The van der Waals surface area contributed by atoms with Crippen LogP contribution in [0.25, 0.3) is 5.69 Å². The molecule has 4 rings (SSSR count). The van der Waals surface area contributed by atoms with E-state index in [1.165, 1.54) is 0 Å². The molecule has 0 N–H and O–H groups in total. The molecule has 0 unspecified atom stereocenters. The summed E-state index contributed by atoms with van der Waals surface area (Å²) in [5, 5.41) is 0. The summed E-state index contributed by atoms with van der Waals surface area (Å²) >= 11 is 0. The van der Waals surface area contributed by atoms with Gasteiger partial charge in [0, 0.05) is 25.9 Å². The van der Waals surface area contributed by atoms with E-state index in [2.05, 4.69) is 0 Å². The molecule has 1 spiro atoms. The number of amides is 1. The smallest absolute Gasteiger partial charge is 0.471 e. The van der Waals surface area contributed by atoms with Gasteiger partial charge in [0.05, 0.1) is 17.1 Å². The number of fused-ring (bicyclic) bond motifs is 4. The topological polar surface area (TPSA) is 51.5 Å². The molecule has 1 saturated heterocycles. The first-order chi connectivity index (χ1) is 12.7. The third kappa shape index (κ3) is 2.70. The monoisotopic (exact) mass is 378 g/mol. The molecule has 142 valence electrons. The molecule has 5 nitrogen and oxygen atoms in total. The van der Waals surface area contributed by atoms with Gasteiger partial charge in [-0.1, -0.05) is 6.07 Å². The summed E-state index contributed by atoms with van der Waals surface area (Å²) < 4.78 is 46.3. The van der Waals surface area contributed by atoms with E-state index >= 15 is 0 Å². The SMILES string of the molecule is Cc1ccc2c(c1)OC1(CCN(C(=O)C(F)(F)F)CC1)c1ccc(C=O)n1-2. The Morgan fingerprint density at radius 1 is 1.19 bits per heavy atom. The summed E-state index contributed by atoms with van der Waals surface area (Å²) in [4.78, 5) is 23.9. The number of halogens is 3. The number of ether oxygens (including phenoxy) is 1. The molecule has 0 radical (unpaired) electrons. The predicted octanol–water partition coefficient (Wildman–Crippen LogP) is 3.37. The van der Waals surface area contributed by atoms with Crippen molar-refractivity contribution in [2.24, 2.45) is 0 Å². The Labute approximate surface area is 153 Å². The molecule has 1 fully saturated rings. The van der Waals surface area contributed by atoms with Gasteiger partial charge in [0.25, 0.3) is 0 Å². The van der Waals surface area contributed by atoms with E-state index in [0.717, 1.165) is 28.1 Å². The Morgan fingerprint density at radius 2 is 1.89 bits per heavy atom. The Morgan fingerprint density at radius 3 is 2.52 bits per heavy atom. The Hall–Kier alpha value is -2.77. The van der Waals surface area contributed by atoms with Gasteiger partial charge in [-0.2, -0.15) is 13.2 Å². The molecule has 3 heterocycles. The predicted molar refractivity (Wildman–Crippen MR) is 90.1 cm³/mol. The lowest BCUT2D eigenvalue weighted by atomic mass is 9.86. The number of alkyl halides is 3. The van der Waals surface area contributed by atoms with Crippen LogP contribution >= 0.6 is 0 Å². The molecule has 2 aromatic rings. The number of benzene rings is 1. The van der Waals surface area contributed by atoms with Crippen molar-refractivity contribution >= 4 is 12.2 Å². The van der Waals surface area contributed by atoms with Crippen LogP contribution in [0, 0.1) is 6.92 Å². The summed E-state index contributed by atoms with van der Waals surface area (Å²) in [5.74, 6) is -1.24. The maximum absolute atomic E-state index is 12.7. The highest BCUT2D eigenvalue weighted by Crippen LogP contribution is 2.46. The van der Waals surface area contributed by atoms with Gasteiger partial charge in [-0.15, -0.1) is 0 Å². The fraction of sp³-hybridized carbons (Fsp3) is 0.368. The molecular formula is C19H17F3N2O3. The molecule has 0 atom stereocenters. The van der Waals surface area contributed by atoms with E-state index in [4.69, 9.17) is 4.74 Å². The van der Waals surface area contributed by atoms with E-state index in [1.54, 1.807) is 16.7 Å². The van der Waals surface area contributed by atoms with Crippen LogP contribution < -0.4 is 4.74 Å². The molecular weight excluding hydrogens is 361 g/mol. The molecule has 1 amide bonds. The number of aldehydes is 1. The van der Waals surface area contributed by atoms with Gasteiger partial charge in [-0.05, 0) is 36.8 Å². The molecule has 2 aliphatic heterocycles. The highest BCUT2D eigenvalue weighted by Gasteiger charge is 2.49. The third-order valence-corrected chi connectivity index (χ3v) is 5.26. The van der Waals surface area contributed by atoms with Gasteiger partial charge in [0.15, 0.2) is 11.9 Å². The van der Waals surface area contributed by atoms with E-state index < -0.39 is 17.7 Å². The number of hydrogen-bond donors (Lipinski definition) is 0. The second-order valence-corrected chi connectivity index (χ2v) is 6.95. The van der Waals surface area contributed by atoms with E-state index in [-0.39, 0.29) is 25.9 Å². The van der Waals surface area contributed by atoms with Crippen LogP contribution in [-0.2, 0) is 10.4 Å². The first-order valence-electron chi connectivity index (χ1n) is 8.59. The van der Waals surface area contributed by atoms with Gasteiger partial charge in [-0.3, -0.25) is 9.59 Å². The largest absolute Gasteiger partial charge is 0.479 e. The highest BCUT2D eigenvalue weighted by molar-refractivity contribution is 5.82. The fourth-order valence-electron chi connectivity index (χ4n) is 3.93. The minimum absolute atomic E-state index is 0.0684. The molecule has 2 aliphatic rings. The number of nitrogens with zero attached hydrogens (tertiary/aromatic N) is 2. The zero-order valence-corrected chi connectivity index (χ0v) is 14.5. The number of rotatable bonds is 1. The minimum atomic E-state index is -4.88. The fourth-order valence-corrected chi connectivity index (χ4v) is 3.93. The zero-order chi connectivity index (χ0) is 19.4. The quantitative estimate of drug-likeness (QED) is 0.715. The van der Waals surface area contributed by atoms with Crippen molar-refractivity contribution in [3.05, 3.63) is 47.3 Å². The van der Waals surface area contributed by atoms with Crippen molar-refractivity contribution in [3.8, 4) is 11.4 Å². The summed E-state index contributed by atoms with van der Waals surface area (Å²) in [6.07, 6.45) is -3.71. The maximum Gasteiger partial charge on any atom is 0.471 e. The van der Waals surface area contributed by atoms with Gasteiger partial charge >= 0.3 is 12.1 Å². The molecule has 0 saturated carbocycles. The lowest BCUT2D eigenvalue weighted by molar-refractivity contribution is -0.188. The number of aromatic nitrogens is 1. The molecule has 1 aromatic carbocycles. The normalized spacial score (nSPS) is 17.9. The highest BCUT2D eigenvalue weighted by atomic mass is 19.4. The summed E-state index contributed by atoms with van der Waals surface area (Å²) in [5.41, 5.74) is 2.00. The van der Waals surface area contributed by atoms with E-state index in [1.807, 2.05) is 25.1 Å². The molecule has 0 bridgehead atoms. The molecule has 1 aromatic heterocycles. The van der Waals surface area contributed by atoms with Crippen LogP contribution in [0.4, 0.5) is 13.2 Å². The summed E-state index contributed by atoms with van der Waals surface area (Å²) in [7, 11) is 0. The number of carbonyl (C=O) groups is 2. The minimum Gasteiger partial charge on any atom is -0.479 e. The van der Waals surface area contributed by atoms with Crippen LogP contribution in [0.5, 0.6) is 5.75 Å². The first-order valence-corrected chi connectivity index (χ1v) is 8.59. The van der Waals surface area contributed by atoms with Crippen LogP contribution in [0.2, 0.25) is 0 Å². The number of piperidine rings is 1. The number of hydrogen-bond acceptors (Lipinski definition) is 3. The maximum atomic E-state index is 12.7. The first kappa shape index (κ1) is 17.6. The number of likely N-dealkylation sites (tertiary alicyclic amines) is 1. The van der Waals surface area contributed by atoms with Crippen molar-refractivity contribution in [1.82, 2.24) is 9.47 Å². The van der Waals surface area contributed by atoms with Crippen LogP contribution in [0.15, 0.2) is 30.3 Å². The second-order valence-electron chi connectivity index (χ2n) is 6.95. The Kier molecular flexibility index (Phi) is 3.83. The van der Waals surface area contributed by atoms with Gasteiger partial charge in [0.1, 0.15) is 5.75 Å². The van der Waals surface area contributed by atoms with Crippen LogP contribution in [-0.4, -0.2) is 40.9 Å².